The van der Waals surface area contributed by atoms with Crippen LogP contribution in [-0.4, -0.2) is 26.5 Å². The van der Waals surface area contributed by atoms with Crippen LogP contribution < -0.4 is 5.32 Å². The Bertz CT molecular complexity index is 975. The Hall–Kier alpha value is -3.79. The van der Waals surface area contributed by atoms with E-state index in [1.807, 2.05) is 24.3 Å². The summed E-state index contributed by atoms with van der Waals surface area (Å²) in [5, 5.41) is 16.1. The Balaban J connectivity index is 1.62. The summed E-state index contributed by atoms with van der Waals surface area (Å²) in [6.07, 6.45) is 3.84. The molecular weight excluding hydrogens is 342 g/mol. The highest BCUT2D eigenvalue weighted by Crippen LogP contribution is 2.19. The van der Waals surface area contributed by atoms with E-state index in [0.29, 0.717) is 17.8 Å². The van der Waals surface area contributed by atoms with Crippen molar-refractivity contribution >= 4 is 17.5 Å². The molecule has 7 nitrogen and oxygen atoms in total. The normalized spacial score (nSPS) is 10.2. The summed E-state index contributed by atoms with van der Waals surface area (Å²) in [4.78, 5) is 28.6. The van der Waals surface area contributed by atoms with Crippen molar-refractivity contribution in [1.82, 2.24) is 14.8 Å². The molecule has 0 spiro atoms. The Morgan fingerprint density at radius 3 is 2.56 bits per heavy atom. The van der Waals surface area contributed by atoms with Gasteiger partial charge in [0.2, 0.25) is 5.91 Å². The second-order valence-corrected chi connectivity index (χ2v) is 5.81. The van der Waals surface area contributed by atoms with E-state index in [9.17, 15) is 14.9 Å². The molecule has 1 N–H and O–H groups in total. The molecule has 0 fully saturated rings. The topological polar surface area (TPSA) is 101 Å². The minimum Gasteiger partial charge on any atom is -0.309 e. The van der Waals surface area contributed by atoms with Crippen LogP contribution in [-0.2, 0) is 4.79 Å². The maximum atomic E-state index is 12.3. The molecule has 0 unspecified atom stereocenters. The Morgan fingerprint density at radius 1 is 1.07 bits per heavy atom. The summed E-state index contributed by atoms with van der Waals surface area (Å²) >= 11 is 0. The van der Waals surface area contributed by atoms with E-state index in [0.717, 1.165) is 0 Å². The van der Waals surface area contributed by atoms with Crippen LogP contribution in [0.3, 0.4) is 0 Å². The summed E-state index contributed by atoms with van der Waals surface area (Å²) in [7, 11) is 0. The first-order valence-corrected chi connectivity index (χ1v) is 8.46. The van der Waals surface area contributed by atoms with Crippen LogP contribution in [0, 0.1) is 11.3 Å². The van der Waals surface area contributed by atoms with Crippen LogP contribution in [0.2, 0.25) is 0 Å². The van der Waals surface area contributed by atoms with Crippen LogP contribution >= 0.6 is 0 Å². The molecule has 3 rings (SSSR count). The zero-order valence-corrected chi connectivity index (χ0v) is 14.5. The van der Waals surface area contributed by atoms with Crippen molar-refractivity contribution in [3.8, 4) is 11.9 Å². The minimum absolute atomic E-state index is 0.000332. The van der Waals surface area contributed by atoms with E-state index in [1.165, 1.54) is 10.9 Å². The summed E-state index contributed by atoms with van der Waals surface area (Å²) in [5.41, 5.74) is 0.882. The molecule has 1 aromatic carbocycles. The fourth-order valence-corrected chi connectivity index (χ4v) is 2.58. The van der Waals surface area contributed by atoms with E-state index in [4.69, 9.17) is 0 Å². The van der Waals surface area contributed by atoms with E-state index in [1.54, 1.807) is 36.5 Å². The van der Waals surface area contributed by atoms with Crippen molar-refractivity contribution in [2.24, 2.45) is 0 Å². The molecule has 0 aliphatic carbocycles. The van der Waals surface area contributed by atoms with Gasteiger partial charge < -0.3 is 5.32 Å². The monoisotopic (exact) mass is 359 g/mol. The first-order chi connectivity index (χ1) is 13.2. The SMILES string of the molecule is N#Cc1cnn(-c2ccccn2)c1NC(=O)CCCC(=O)c1ccccc1. The standard InChI is InChI=1S/C20H17N5O2/c21-13-16-14-23-25(18-10-4-5-12-22-18)20(16)24-19(27)11-6-9-17(26)15-7-2-1-3-8-15/h1-5,7-8,10,12,14H,6,9,11H2,(H,24,27). The fourth-order valence-electron chi connectivity index (χ4n) is 2.58. The number of anilines is 1. The van der Waals surface area contributed by atoms with Crippen molar-refractivity contribution in [3.63, 3.8) is 0 Å². The summed E-state index contributed by atoms with van der Waals surface area (Å²) in [5.74, 6) is 0.480. The number of benzene rings is 1. The molecule has 0 atom stereocenters. The molecule has 7 heteroatoms. The molecule has 0 radical (unpaired) electrons. The minimum atomic E-state index is -0.287. The maximum Gasteiger partial charge on any atom is 0.225 e. The van der Waals surface area contributed by atoms with Gasteiger partial charge in [-0.1, -0.05) is 36.4 Å². The van der Waals surface area contributed by atoms with Crippen LogP contribution in [0.4, 0.5) is 5.82 Å². The summed E-state index contributed by atoms with van der Waals surface area (Å²) in [6, 6.07) is 16.3. The number of Topliss-reactive ketones (excluding diaryl/α,β-unsaturated/α-hetero) is 1. The molecule has 3 aromatic rings. The number of aromatic nitrogens is 3. The highest BCUT2D eigenvalue weighted by Gasteiger charge is 2.16. The van der Waals surface area contributed by atoms with Gasteiger partial charge in [0.25, 0.3) is 0 Å². The number of amides is 1. The number of rotatable bonds is 7. The lowest BCUT2D eigenvalue weighted by atomic mass is 10.1. The molecule has 27 heavy (non-hydrogen) atoms. The number of nitrogens with zero attached hydrogens (tertiary/aromatic N) is 4. The van der Waals surface area contributed by atoms with Crippen LogP contribution in [0.15, 0.2) is 60.9 Å². The lowest BCUT2D eigenvalue weighted by molar-refractivity contribution is -0.116. The second kappa shape index (κ2) is 8.54. The number of pyridine rings is 1. The lowest BCUT2D eigenvalue weighted by Crippen LogP contribution is -2.16. The van der Waals surface area contributed by atoms with Gasteiger partial charge in [-0.3, -0.25) is 9.59 Å². The lowest BCUT2D eigenvalue weighted by Gasteiger charge is -2.08. The smallest absolute Gasteiger partial charge is 0.225 e. The predicted octanol–water partition coefficient (Wildman–Crippen LogP) is 3.13. The van der Waals surface area contributed by atoms with Gasteiger partial charge in [-0.25, -0.2) is 4.98 Å². The second-order valence-electron chi connectivity index (χ2n) is 5.81. The van der Waals surface area contributed by atoms with Crippen molar-refractivity contribution in [2.75, 3.05) is 5.32 Å². The Labute approximate surface area is 156 Å². The van der Waals surface area contributed by atoms with E-state index in [2.05, 4.69) is 15.4 Å². The van der Waals surface area contributed by atoms with Gasteiger partial charge in [-0.2, -0.15) is 15.0 Å². The summed E-state index contributed by atoms with van der Waals surface area (Å²) < 4.78 is 1.41. The largest absolute Gasteiger partial charge is 0.309 e. The third-order valence-corrected chi connectivity index (χ3v) is 3.92. The molecule has 2 heterocycles. The number of ketones is 1. The van der Waals surface area contributed by atoms with Gasteiger partial charge >= 0.3 is 0 Å². The average Bonchev–Trinajstić information content (AvgIpc) is 3.11. The highest BCUT2D eigenvalue weighted by atomic mass is 16.1. The van der Waals surface area contributed by atoms with Gasteiger partial charge in [0.1, 0.15) is 11.6 Å². The van der Waals surface area contributed by atoms with Crippen LogP contribution in [0.25, 0.3) is 5.82 Å². The average molecular weight is 359 g/mol. The number of carbonyl (C=O) groups is 2. The van der Waals surface area contributed by atoms with Crippen molar-refractivity contribution < 1.29 is 9.59 Å². The van der Waals surface area contributed by atoms with Crippen LogP contribution in [0.5, 0.6) is 0 Å². The first kappa shape index (κ1) is 18.0. The molecule has 0 aliphatic heterocycles. The third kappa shape index (κ3) is 4.44. The Kier molecular flexibility index (Phi) is 5.70. The predicted molar refractivity (Wildman–Crippen MR) is 99.3 cm³/mol. The number of nitriles is 1. The molecule has 1 amide bonds. The fraction of sp³-hybridized carbons (Fsp3) is 0.150. The number of carbonyl (C=O) groups excluding carboxylic acids is 2. The summed E-state index contributed by atoms with van der Waals surface area (Å²) in [6.45, 7) is 0. The molecule has 0 saturated carbocycles. The van der Waals surface area contributed by atoms with Crippen molar-refractivity contribution in [2.45, 2.75) is 19.3 Å². The Morgan fingerprint density at radius 2 is 1.85 bits per heavy atom. The molecule has 134 valence electrons. The van der Waals surface area contributed by atoms with Gasteiger partial charge in [-0.15, -0.1) is 0 Å². The van der Waals surface area contributed by atoms with Gasteiger partial charge in [0.05, 0.1) is 6.20 Å². The molecule has 2 aromatic heterocycles. The zero-order valence-electron chi connectivity index (χ0n) is 14.5. The third-order valence-electron chi connectivity index (χ3n) is 3.92. The number of hydrogen-bond donors (Lipinski definition) is 1. The van der Waals surface area contributed by atoms with Crippen molar-refractivity contribution in [3.05, 3.63) is 72.1 Å². The quantitative estimate of drug-likeness (QED) is 0.653. The van der Waals surface area contributed by atoms with E-state index in [-0.39, 0.29) is 35.9 Å². The van der Waals surface area contributed by atoms with Crippen molar-refractivity contribution in [1.29, 1.82) is 5.26 Å². The number of nitrogens with one attached hydrogen (secondary N) is 1. The molecule has 0 bridgehead atoms. The number of hydrogen-bond acceptors (Lipinski definition) is 5. The van der Waals surface area contributed by atoms with Gasteiger partial charge in [0.15, 0.2) is 17.4 Å². The van der Waals surface area contributed by atoms with Crippen LogP contribution in [0.1, 0.15) is 35.2 Å². The first-order valence-electron chi connectivity index (χ1n) is 8.46. The molecule has 0 saturated heterocycles. The molecular formula is C20H17N5O2. The maximum absolute atomic E-state index is 12.3. The van der Waals surface area contributed by atoms with Gasteiger partial charge in [-0.05, 0) is 18.6 Å². The zero-order chi connectivity index (χ0) is 19.1. The van der Waals surface area contributed by atoms with E-state index >= 15 is 0 Å². The molecule has 0 aliphatic rings. The van der Waals surface area contributed by atoms with Gasteiger partial charge in [0, 0.05) is 24.6 Å². The van der Waals surface area contributed by atoms with E-state index < -0.39 is 0 Å². The highest BCUT2D eigenvalue weighted by molar-refractivity contribution is 5.96.